The number of aliphatic imine (C=N–C) groups is 1. The van der Waals surface area contributed by atoms with Crippen molar-refractivity contribution in [3.63, 3.8) is 0 Å². The van der Waals surface area contributed by atoms with Crippen LogP contribution in [0.5, 0.6) is 5.75 Å². The van der Waals surface area contributed by atoms with Gasteiger partial charge in [0.15, 0.2) is 11.6 Å². The molecule has 0 saturated heterocycles. The third-order valence-electron chi connectivity index (χ3n) is 1.79. The molecule has 5 heteroatoms. The molecule has 0 spiro atoms. The van der Waals surface area contributed by atoms with Gasteiger partial charge in [0.25, 0.3) is 0 Å². The number of amidine groups is 1. The van der Waals surface area contributed by atoms with Crippen LogP contribution in [-0.2, 0) is 0 Å². The van der Waals surface area contributed by atoms with Crippen LogP contribution in [0.1, 0.15) is 5.56 Å². The number of rotatable bonds is 2. The van der Waals surface area contributed by atoms with Crippen molar-refractivity contribution in [2.75, 3.05) is 14.2 Å². The lowest BCUT2D eigenvalue weighted by Crippen LogP contribution is -2.31. The normalized spacial score (nSPS) is 11.3. The van der Waals surface area contributed by atoms with Crippen LogP contribution in [0, 0.1) is 5.82 Å². The van der Waals surface area contributed by atoms with Gasteiger partial charge in [0.2, 0.25) is 0 Å². The summed E-state index contributed by atoms with van der Waals surface area (Å²) < 4.78 is 18.0. The minimum Gasteiger partial charge on any atom is -0.494 e. The van der Waals surface area contributed by atoms with Crippen molar-refractivity contribution in [1.29, 1.82) is 0 Å². The van der Waals surface area contributed by atoms with Gasteiger partial charge in [0.1, 0.15) is 5.84 Å². The molecule has 0 bridgehead atoms. The Morgan fingerprint density at radius 1 is 1.57 bits per heavy atom. The molecule has 0 saturated carbocycles. The number of hydrogen-bond donors (Lipinski definition) is 2. The molecule has 0 heterocycles. The third kappa shape index (κ3) is 2.00. The highest BCUT2D eigenvalue weighted by Gasteiger charge is 2.06. The Morgan fingerprint density at radius 2 is 2.29 bits per heavy atom. The van der Waals surface area contributed by atoms with Crippen LogP contribution >= 0.6 is 0 Å². The fraction of sp³-hybridized carbons (Fsp3) is 0.222. The first-order chi connectivity index (χ1) is 6.72. The summed E-state index contributed by atoms with van der Waals surface area (Å²) in [5, 5.41) is 0. The summed E-state index contributed by atoms with van der Waals surface area (Å²) in [7, 11) is 2.98. The monoisotopic (exact) mass is 197 g/mol. The van der Waals surface area contributed by atoms with Crippen molar-refractivity contribution in [3.8, 4) is 5.75 Å². The Morgan fingerprint density at radius 3 is 2.71 bits per heavy atom. The zero-order valence-corrected chi connectivity index (χ0v) is 8.04. The van der Waals surface area contributed by atoms with Crippen molar-refractivity contribution in [2.24, 2.45) is 10.8 Å². The van der Waals surface area contributed by atoms with Gasteiger partial charge >= 0.3 is 0 Å². The molecule has 1 rings (SSSR count). The first kappa shape index (κ1) is 10.5. The van der Waals surface area contributed by atoms with E-state index in [2.05, 4.69) is 10.4 Å². The van der Waals surface area contributed by atoms with E-state index in [0.29, 0.717) is 11.4 Å². The van der Waals surface area contributed by atoms with E-state index in [-0.39, 0.29) is 5.75 Å². The Labute approximate surface area is 81.6 Å². The van der Waals surface area contributed by atoms with Gasteiger partial charge < -0.3 is 10.2 Å². The molecule has 3 N–H and O–H groups in total. The summed E-state index contributed by atoms with van der Waals surface area (Å²) in [5.74, 6) is 5.38. The van der Waals surface area contributed by atoms with Crippen molar-refractivity contribution < 1.29 is 9.13 Å². The highest BCUT2D eigenvalue weighted by molar-refractivity contribution is 5.98. The quantitative estimate of drug-likeness (QED) is 0.317. The van der Waals surface area contributed by atoms with Gasteiger partial charge in [-0.25, -0.2) is 10.2 Å². The molecule has 0 fully saturated rings. The van der Waals surface area contributed by atoms with E-state index in [1.54, 1.807) is 13.1 Å². The first-order valence-electron chi connectivity index (χ1n) is 4.00. The molecular formula is C9H12FN3O. The highest BCUT2D eigenvalue weighted by atomic mass is 19.1. The number of ether oxygens (including phenoxy) is 1. The Kier molecular flexibility index (Phi) is 3.41. The maximum atomic E-state index is 13.2. The lowest BCUT2D eigenvalue weighted by molar-refractivity contribution is 0.386. The second-order valence-electron chi connectivity index (χ2n) is 2.57. The van der Waals surface area contributed by atoms with E-state index in [1.807, 2.05) is 0 Å². The van der Waals surface area contributed by atoms with E-state index >= 15 is 0 Å². The molecule has 0 radical (unpaired) electrons. The zero-order valence-electron chi connectivity index (χ0n) is 8.04. The maximum absolute atomic E-state index is 13.2. The van der Waals surface area contributed by atoms with Crippen LogP contribution in [0.4, 0.5) is 4.39 Å². The van der Waals surface area contributed by atoms with Crippen molar-refractivity contribution in [1.82, 2.24) is 5.43 Å². The summed E-state index contributed by atoms with van der Waals surface area (Å²) in [5.41, 5.74) is 2.95. The summed E-state index contributed by atoms with van der Waals surface area (Å²) >= 11 is 0. The summed E-state index contributed by atoms with van der Waals surface area (Å²) in [6, 6.07) is 4.50. The van der Waals surface area contributed by atoms with Crippen LogP contribution in [0.25, 0.3) is 0 Å². The zero-order chi connectivity index (χ0) is 10.6. The molecule has 0 aromatic heterocycles. The molecule has 0 aliphatic heterocycles. The topological polar surface area (TPSA) is 59.6 Å². The average Bonchev–Trinajstić information content (AvgIpc) is 2.20. The molecule has 76 valence electrons. The van der Waals surface area contributed by atoms with Crippen LogP contribution in [0.2, 0.25) is 0 Å². The molecule has 0 aliphatic rings. The standard InChI is InChI=1S/C9H12FN3O/c1-12-9(13-11)6-3-4-8(14-2)7(10)5-6/h3-5H,11H2,1-2H3,(H,12,13). The van der Waals surface area contributed by atoms with Gasteiger partial charge in [0, 0.05) is 12.6 Å². The Balaban J connectivity index is 3.08. The molecule has 14 heavy (non-hydrogen) atoms. The van der Waals surface area contributed by atoms with E-state index < -0.39 is 5.82 Å². The number of methoxy groups -OCH3 is 1. The van der Waals surface area contributed by atoms with E-state index in [9.17, 15) is 4.39 Å². The minimum atomic E-state index is -0.443. The summed E-state index contributed by atoms with van der Waals surface area (Å²) in [6.45, 7) is 0. The average molecular weight is 197 g/mol. The second-order valence-corrected chi connectivity index (χ2v) is 2.57. The lowest BCUT2D eigenvalue weighted by atomic mass is 10.2. The predicted octanol–water partition coefficient (Wildman–Crippen LogP) is 0.674. The number of nitrogens with zero attached hydrogens (tertiary/aromatic N) is 1. The van der Waals surface area contributed by atoms with Gasteiger partial charge in [-0.05, 0) is 18.2 Å². The second kappa shape index (κ2) is 4.57. The molecule has 1 aromatic carbocycles. The number of hydrazine groups is 1. The van der Waals surface area contributed by atoms with Gasteiger partial charge in [-0.3, -0.25) is 4.99 Å². The van der Waals surface area contributed by atoms with Gasteiger partial charge in [0.05, 0.1) is 7.11 Å². The van der Waals surface area contributed by atoms with E-state index in [0.717, 1.165) is 0 Å². The highest BCUT2D eigenvalue weighted by Crippen LogP contribution is 2.17. The van der Waals surface area contributed by atoms with Crippen LogP contribution < -0.4 is 16.0 Å². The SMILES string of the molecule is CN=C(NN)c1ccc(OC)c(F)c1. The fourth-order valence-corrected chi connectivity index (χ4v) is 1.09. The number of nitrogens with two attached hydrogens (primary N) is 1. The number of halogens is 1. The van der Waals surface area contributed by atoms with Crippen molar-refractivity contribution >= 4 is 5.84 Å². The van der Waals surface area contributed by atoms with E-state index in [1.165, 1.54) is 19.2 Å². The third-order valence-corrected chi connectivity index (χ3v) is 1.79. The summed E-state index contributed by atoms with van der Waals surface area (Å²) in [4.78, 5) is 3.85. The molecule has 0 atom stereocenters. The number of hydrogen-bond acceptors (Lipinski definition) is 3. The fourth-order valence-electron chi connectivity index (χ4n) is 1.09. The molecule has 1 aromatic rings. The van der Waals surface area contributed by atoms with E-state index in [4.69, 9.17) is 10.6 Å². The summed E-state index contributed by atoms with van der Waals surface area (Å²) in [6.07, 6.45) is 0. The number of benzene rings is 1. The Hall–Kier alpha value is -1.62. The Bertz CT molecular complexity index is 352. The molecule has 4 nitrogen and oxygen atoms in total. The molecular weight excluding hydrogens is 185 g/mol. The number of nitrogens with one attached hydrogen (secondary N) is 1. The van der Waals surface area contributed by atoms with Crippen LogP contribution in [0.3, 0.4) is 0 Å². The van der Waals surface area contributed by atoms with Gasteiger partial charge in [-0.15, -0.1) is 0 Å². The largest absolute Gasteiger partial charge is 0.494 e. The maximum Gasteiger partial charge on any atom is 0.165 e. The van der Waals surface area contributed by atoms with Crippen LogP contribution in [0.15, 0.2) is 23.2 Å². The van der Waals surface area contributed by atoms with Gasteiger partial charge in [-0.2, -0.15) is 0 Å². The molecule has 0 aliphatic carbocycles. The lowest BCUT2D eigenvalue weighted by Gasteiger charge is -2.06. The van der Waals surface area contributed by atoms with Gasteiger partial charge in [-0.1, -0.05) is 0 Å². The van der Waals surface area contributed by atoms with Crippen LogP contribution in [-0.4, -0.2) is 20.0 Å². The first-order valence-corrected chi connectivity index (χ1v) is 4.00. The minimum absolute atomic E-state index is 0.196. The van der Waals surface area contributed by atoms with Crippen molar-refractivity contribution in [3.05, 3.63) is 29.6 Å². The molecule has 0 unspecified atom stereocenters. The predicted molar refractivity (Wildman–Crippen MR) is 52.7 cm³/mol. The van der Waals surface area contributed by atoms with Crippen molar-refractivity contribution in [2.45, 2.75) is 0 Å². The molecule has 0 amide bonds. The smallest absolute Gasteiger partial charge is 0.165 e.